The highest BCUT2D eigenvalue weighted by molar-refractivity contribution is 5.87. The van der Waals surface area contributed by atoms with E-state index in [1.807, 2.05) is 0 Å². The number of hydrogen-bond donors (Lipinski definition) is 0. The van der Waals surface area contributed by atoms with Crippen LogP contribution in [0.25, 0.3) is 10.9 Å². The molecule has 0 saturated heterocycles. The molecule has 0 aliphatic rings. The van der Waals surface area contributed by atoms with E-state index in [1.165, 1.54) is 18.2 Å². The van der Waals surface area contributed by atoms with Crippen molar-refractivity contribution >= 4 is 10.9 Å². The normalized spacial score (nSPS) is 12.1. The first-order valence-electron chi connectivity index (χ1n) is 5.72. The second-order valence-corrected chi connectivity index (χ2v) is 4.54. The van der Waals surface area contributed by atoms with Gasteiger partial charge in [0.25, 0.3) is 0 Å². The molecule has 0 fully saturated rings. The van der Waals surface area contributed by atoms with Gasteiger partial charge in [0, 0.05) is 22.6 Å². The quantitative estimate of drug-likeness (QED) is 0.758. The van der Waals surface area contributed by atoms with Crippen molar-refractivity contribution in [3.05, 3.63) is 41.9 Å². The molecule has 5 heteroatoms. The number of nitriles is 1. The molecular formula is C14H12F3N2. The van der Waals surface area contributed by atoms with Gasteiger partial charge in [0.2, 0.25) is 0 Å². The molecule has 1 atom stereocenters. The topological polar surface area (TPSA) is 28.7 Å². The molecule has 0 aliphatic heterocycles. The number of rotatable bonds is 1. The largest absolute Gasteiger partial charge is 0.418 e. The molecule has 2 nitrogen and oxygen atoms in total. The first kappa shape index (κ1) is 13.5. The lowest BCUT2D eigenvalue weighted by Crippen LogP contribution is -2.09. The Hall–Kier alpha value is -1.96. The molecule has 99 valence electrons. The maximum Gasteiger partial charge on any atom is 0.418 e. The lowest BCUT2D eigenvalue weighted by molar-refractivity contribution is -0.136. The summed E-state index contributed by atoms with van der Waals surface area (Å²) < 4.78 is 41.1. The zero-order valence-corrected chi connectivity index (χ0v) is 10.5. The van der Waals surface area contributed by atoms with Crippen LogP contribution < -0.4 is 0 Å². The highest BCUT2D eigenvalue weighted by Gasteiger charge is 2.36. The molecule has 1 radical (unpaired) electrons. The van der Waals surface area contributed by atoms with E-state index in [-0.39, 0.29) is 17.0 Å². The predicted octanol–water partition coefficient (Wildman–Crippen LogP) is 4.24. The van der Waals surface area contributed by atoms with Crippen molar-refractivity contribution in [2.24, 2.45) is 0 Å². The summed E-state index contributed by atoms with van der Waals surface area (Å²) in [5.41, 5.74) is -0.0757. The van der Waals surface area contributed by atoms with Crippen LogP contribution in [0.4, 0.5) is 13.2 Å². The lowest BCUT2D eigenvalue weighted by Gasteiger charge is -2.14. The van der Waals surface area contributed by atoms with Crippen LogP contribution in [-0.4, -0.2) is 4.57 Å². The third kappa shape index (κ3) is 2.07. The monoisotopic (exact) mass is 265 g/mol. The lowest BCUT2D eigenvalue weighted by atomic mass is 10.0. The molecule has 0 amide bonds. The van der Waals surface area contributed by atoms with Crippen LogP contribution >= 0.6 is 0 Å². The summed E-state index contributed by atoms with van der Waals surface area (Å²) >= 11 is 0. The van der Waals surface area contributed by atoms with E-state index >= 15 is 0 Å². The van der Waals surface area contributed by atoms with E-state index in [0.717, 1.165) is 0 Å². The van der Waals surface area contributed by atoms with Crippen LogP contribution in [0.2, 0.25) is 0 Å². The molecule has 2 aromatic rings. The summed E-state index contributed by atoms with van der Waals surface area (Å²) in [5.74, 6) is 0. The molecule has 1 aromatic carbocycles. The number of fused-ring (bicyclic) bond motifs is 1. The summed E-state index contributed by atoms with van der Waals surface area (Å²) in [6.07, 6.45) is -4.55. The minimum Gasteiger partial charge on any atom is -0.342 e. The highest BCUT2D eigenvalue weighted by Crippen LogP contribution is 2.39. The van der Waals surface area contributed by atoms with Crippen LogP contribution in [0.1, 0.15) is 29.8 Å². The number of alkyl halides is 3. The summed E-state index contributed by atoms with van der Waals surface area (Å²) in [5, 5.41) is 8.91. The van der Waals surface area contributed by atoms with Gasteiger partial charge in [-0.25, -0.2) is 0 Å². The van der Waals surface area contributed by atoms with Gasteiger partial charge in [-0.05, 0) is 39.0 Å². The van der Waals surface area contributed by atoms with E-state index in [4.69, 9.17) is 5.26 Å². The number of halogens is 3. The van der Waals surface area contributed by atoms with Crippen LogP contribution in [0.5, 0.6) is 0 Å². The van der Waals surface area contributed by atoms with Gasteiger partial charge < -0.3 is 4.57 Å². The Morgan fingerprint density at radius 1 is 1.37 bits per heavy atom. The molecule has 19 heavy (non-hydrogen) atoms. The molecule has 1 aromatic heterocycles. The first-order valence-corrected chi connectivity index (χ1v) is 5.72. The van der Waals surface area contributed by atoms with E-state index in [0.29, 0.717) is 11.2 Å². The minimum absolute atomic E-state index is 0.0551. The molecule has 2 rings (SSSR count). The van der Waals surface area contributed by atoms with Gasteiger partial charge in [0.05, 0.1) is 17.2 Å². The third-order valence-electron chi connectivity index (χ3n) is 3.06. The average Bonchev–Trinajstić information content (AvgIpc) is 2.61. The van der Waals surface area contributed by atoms with Crippen LogP contribution in [0.15, 0.2) is 18.2 Å². The third-order valence-corrected chi connectivity index (χ3v) is 3.06. The Bertz CT molecular complexity index is 673. The molecule has 0 aliphatic carbocycles. The van der Waals surface area contributed by atoms with Gasteiger partial charge >= 0.3 is 6.18 Å². The summed E-state index contributed by atoms with van der Waals surface area (Å²) in [6.45, 7) is 7.38. The maximum atomic E-state index is 13.1. The standard InChI is InChI=1S/C14H12F3N2/c1-8(2)19-9(3)6-11-12(19)5-4-10(7-18)13(11)14(15,16)17/h4-6,8H,1H2,2-3H3. The molecule has 1 heterocycles. The van der Waals surface area contributed by atoms with Crippen molar-refractivity contribution in [1.29, 1.82) is 5.26 Å². The van der Waals surface area contributed by atoms with E-state index in [1.54, 1.807) is 24.5 Å². The van der Waals surface area contributed by atoms with Gasteiger partial charge in [-0.1, -0.05) is 0 Å². The number of aromatic nitrogens is 1. The smallest absolute Gasteiger partial charge is 0.342 e. The predicted molar refractivity (Wildman–Crippen MR) is 66.5 cm³/mol. The zero-order valence-electron chi connectivity index (χ0n) is 10.5. The van der Waals surface area contributed by atoms with Crippen LogP contribution in [0, 0.1) is 25.2 Å². The fourth-order valence-corrected chi connectivity index (χ4v) is 2.42. The Balaban J connectivity index is 2.93. The Kier molecular flexibility index (Phi) is 3.05. The van der Waals surface area contributed by atoms with Gasteiger partial charge in [-0.15, -0.1) is 0 Å². The van der Waals surface area contributed by atoms with Gasteiger partial charge in [-0.3, -0.25) is 0 Å². The van der Waals surface area contributed by atoms with Crippen molar-refractivity contribution in [3.63, 3.8) is 0 Å². The van der Waals surface area contributed by atoms with Crippen molar-refractivity contribution in [2.75, 3.05) is 0 Å². The fraction of sp³-hybridized carbons (Fsp3) is 0.286. The summed E-state index contributed by atoms with van der Waals surface area (Å²) in [6, 6.07) is 5.63. The van der Waals surface area contributed by atoms with Crippen molar-refractivity contribution in [2.45, 2.75) is 26.1 Å². The second-order valence-electron chi connectivity index (χ2n) is 4.54. The van der Waals surface area contributed by atoms with Gasteiger partial charge in [0.15, 0.2) is 0 Å². The number of benzene rings is 1. The molecule has 1 unspecified atom stereocenters. The Morgan fingerprint density at radius 3 is 2.47 bits per heavy atom. The first-order chi connectivity index (χ1) is 8.77. The van der Waals surface area contributed by atoms with Crippen LogP contribution in [-0.2, 0) is 6.18 Å². The number of nitrogens with zero attached hydrogens (tertiary/aromatic N) is 2. The SMILES string of the molecule is [CH2]C(C)n1c(C)cc2c(C(F)(F)F)c(C#N)ccc21. The molecule has 0 N–H and O–H groups in total. The minimum atomic E-state index is -4.55. The van der Waals surface area contributed by atoms with Crippen molar-refractivity contribution < 1.29 is 13.2 Å². The fourth-order valence-electron chi connectivity index (χ4n) is 2.42. The van der Waals surface area contributed by atoms with Crippen molar-refractivity contribution in [3.8, 4) is 6.07 Å². The van der Waals surface area contributed by atoms with E-state index < -0.39 is 11.7 Å². The Morgan fingerprint density at radius 2 is 2.00 bits per heavy atom. The van der Waals surface area contributed by atoms with Gasteiger partial charge in [0.1, 0.15) is 0 Å². The van der Waals surface area contributed by atoms with Crippen molar-refractivity contribution in [1.82, 2.24) is 4.57 Å². The molecular weight excluding hydrogens is 253 g/mol. The molecule has 0 bridgehead atoms. The summed E-state index contributed by atoms with van der Waals surface area (Å²) in [7, 11) is 0. The number of aryl methyl sites for hydroxylation is 1. The molecule has 0 saturated carbocycles. The second kappa shape index (κ2) is 4.30. The maximum absolute atomic E-state index is 13.1. The Labute approximate surface area is 109 Å². The van der Waals surface area contributed by atoms with E-state index in [2.05, 4.69) is 6.92 Å². The average molecular weight is 265 g/mol. The highest BCUT2D eigenvalue weighted by atomic mass is 19.4. The van der Waals surface area contributed by atoms with Gasteiger partial charge in [-0.2, -0.15) is 18.4 Å². The van der Waals surface area contributed by atoms with Crippen LogP contribution in [0.3, 0.4) is 0 Å². The molecule has 0 spiro atoms. The summed E-state index contributed by atoms with van der Waals surface area (Å²) in [4.78, 5) is 0. The van der Waals surface area contributed by atoms with E-state index in [9.17, 15) is 13.2 Å². The zero-order chi connectivity index (χ0) is 14.4. The number of hydrogen-bond acceptors (Lipinski definition) is 1.